The topological polar surface area (TPSA) is 75.6 Å². The quantitative estimate of drug-likeness (QED) is 0.166. The van der Waals surface area contributed by atoms with Crippen molar-refractivity contribution in [1.82, 2.24) is 5.32 Å². The number of hydrogen-bond donors (Lipinski definition) is 2. The van der Waals surface area contributed by atoms with Crippen LogP contribution in [0.3, 0.4) is 0 Å². The van der Waals surface area contributed by atoms with Gasteiger partial charge in [-0.2, -0.15) is 22.0 Å². The number of fused-ring (bicyclic) bond motifs is 1. The van der Waals surface area contributed by atoms with Gasteiger partial charge in [0, 0.05) is 10.9 Å². The summed E-state index contributed by atoms with van der Waals surface area (Å²) in [6.45, 7) is 5.47. The molecule has 0 radical (unpaired) electrons. The van der Waals surface area contributed by atoms with Crippen LogP contribution in [0.2, 0.25) is 0 Å². The van der Waals surface area contributed by atoms with Gasteiger partial charge in [0.1, 0.15) is 18.4 Å². The van der Waals surface area contributed by atoms with Crippen LogP contribution in [0.5, 0.6) is 5.75 Å². The predicted molar refractivity (Wildman–Crippen MR) is 141 cm³/mol. The molecule has 0 fully saturated rings. The summed E-state index contributed by atoms with van der Waals surface area (Å²) in [5, 5.41) is 13.5. The Balaban J connectivity index is 1.84. The zero-order valence-corrected chi connectivity index (χ0v) is 21.8. The van der Waals surface area contributed by atoms with Crippen LogP contribution in [0.1, 0.15) is 54.1 Å². The van der Waals surface area contributed by atoms with Crippen molar-refractivity contribution < 1.29 is 41.4 Å². The molecule has 0 aliphatic carbocycles. The smallest absolute Gasteiger partial charge is 0.458 e. The summed E-state index contributed by atoms with van der Waals surface area (Å²) in [5.74, 6) is -6.50. The summed E-state index contributed by atoms with van der Waals surface area (Å²) in [6, 6.07) is 12.5. The highest BCUT2D eigenvalue weighted by atomic mass is 19.4. The first-order valence-electron chi connectivity index (χ1n) is 12.7. The van der Waals surface area contributed by atoms with E-state index >= 15 is 0 Å². The molecule has 0 aliphatic heterocycles. The average molecular weight is 564 g/mol. The number of halogens is 5. The van der Waals surface area contributed by atoms with Gasteiger partial charge < -0.3 is 15.2 Å². The average Bonchev–Trinajstić information content (AvgIpc) is 2.92. The lowest BCUT2D eigenvalue weighted by Crippen LogP contribution is -2.41. The third-order valence-electron chi connectivity index (χ3n) is 6.72. The van der Waals surface area contributed by atoms with E-state index < -0.39 is 35.6 Å². The van der Waals surface area contributed by atoms with Crippen LogP contribution < -0.4 is 10.1 Å². The van der Waals surface area contributed by atoms with Gasteiger partial charge in [-0.1, -0.05) is 74.0 Å². The summed E-state index contributed by atoms with van der Waals surface area (Å²) in [7, 11) is 0. The standard InChI is InChI=1S/C30H30F5NO4/c1-3-7-19(4-2)12-17-25(28(38)39)36-27(37)24-16-13-21-8-5-6-9-23(21)26(24)40-18-20-10-14-22(15-11-20)29(31,32)30(33,34)35/h3,5-6,8-11,13-16,19,25H,1,4,7,12,17-18H2,2H3,(H,36,37)(H,38,39)/t19?,25-/m0/s1. The molecule has 3 aromatic carbocycles. The number of alkyl halides is 5. The van der Waals surface area contributed by atoms with Crippen LogP contribution in [-0.2, 0) is 17.3 Å². The molecular formula is C30H30F5NO4. The third kappa shape index (κ3) is 7.16. The molecule has 0 saturated carbocycles. The minimum atomic E-state index is -5.73. The highest BCUT2D eigenvalue weighted by Crippen LogP contribution is 2.43. The molecule has 0 bridgehead atoms. The molecule has 0 heterocycles. The number of carboxylic acid groups (broad SMARTS) is 1. The summed E-state index contributed by atoms with van der Waals surface area (Å²) < 4.78 is 71.2. The molecule has 214 valence electrons. The first-order valence-corrected chi connectivity index (χ1v) is 12.7. The number of nitrogens with one attached hydrogen (secondary N) is 1. The second kappa shape index (κ2) is 12.9. The molecule has 3 rings (SSSR count). The maximum Gasteiger partial charge on any atom is 0.458 e. The summed E-state index contributed by atoms with van der Waals surface area (Å²) >= 11 is 0. The molecule has 10 heteroatoms. The lowest BCUT2D eigenvalue weighted by atomic mass is 9.94. The number of ether oxygens (including phenoxy) is 1. The van der Waals surface area contributed by atoms with Gasteiger partial charge in [-0.3, -0.25) is 4.79 Å². The molecule has 0 aliphatic rings. The molecule has 1 amide bonds. The Morgan fingerprint density at radius 2 is 1.68 bits per heavy atom. The number of carboxylic acids is 1. The molecular weight excluding hydrogens is 533 g/mol. The Labute approximate surface area is 228 Å². The maximum atomic E-state index is 13.6. The van der Waals surface area contributed by atoms with Crippen LogP contribution in [0.15, 0.2) is 73.3 Å². The van der Waals surface area contributed by atoms with E-state index in [1.165, 1.54) is 6.07 Å². The minimum Gasteiger partial charge on any atom is -0.487 e. The van der Waals surface area contributed by atoms with Crippen molar-refractivity contribution in [3.05, 3.63) is 90.0 Å². The Hall–Kier alpha value is -3.95. The molecule has 2 N–H and O–H groups in total. The number of benzene rings is 3. The van der Waals surface area contributed by atoms with E-state index in [9.17, 15) is 36.6 Å². The fraction of sp³-hybridized carbons (Fsp3) is 0.333. The van der Waals surface area contributed by atoms with Crippen molar-refractivity contribution in [1.29, 1.82) is 0 Å². The van der Waals surface area contributed by atoms with Crippen LogP contribution in [-0.4, -0.2) is 29.2 Å². The molecule has 3 aromatic rings. The van der Waals surface area contributed by atoms with Crippen molar-refractivity contribution in [2.24, 2.45) is 5.92 Å². The Morgan fingerprint density at radius 3 is 2.27 bits per heavy atom. The summed E-state index contributed by atoms with van der Waals surface area (Å²) in [4.78, 5) is 25.2. The molecule has 1 unspecified atom stereocenters. The van der Waals surface area contributed by atoms with E-state index in [0.717, 1.165) is 30.4 Å². The van der Waals surface area contributed by atoms with E-state index in [1.54, 1.807) is 36.4 Å². The van der Waals surface area contributed by atoms with E-state index in [1.807, 2.05) is 6.92 Å². The Bertz CT molecular complexity index is 1340. The van der Waals surface area contributed by atoms with Crippen LogP contribution in [0.25, 0.3) is 10.8 Å². The molecule has 0 spiro atoms. The second-order valence-electron chi connectivity index (χ2n) is 9.46. The molecule has 0 aromatic heterocycles. The highest BCUT2D eigenvalue weighted by Gasteiger charge is 2.58. The zero-order chi connectivity index (χ0) is 29.5. The SMILES string of the molecule is C=CCC(CC)CC[C@H](NC(=O)c1ccc2ccccc2c1OCc1ccc(C(F)(F)C(F)(F)F)cc1)C(=O)O. The number of hydrogen-bond acceptors (Lipinski definition) is 3. The molecule has 40 heavy (non-hydrogen) atoms. The summed E-state index contributed by atoms with van der Waals surface area (Å²) in [5.41, 5.74) is -0.854. The van der Waals surface area contributed by atoms with Crippen molar-refractivity contribution in [2.45, 2.75) is 57.4 Å². The van der Waals surface area contributed by atoms with Crippen molar-refractivity contribution >= 4 is 22.6 Å². The minimum absolute atomic E-state index is 0.0586. The molecule has 0 saturated heterocycles. The van der Waals surface area contributed by atoms with Gasteiger partial charge in [0.2, 0.25) is 0 Å². The number of rotatable bonds is 13. The first-order chi connectivity index (χ1) is 18.9. The van der Waals surface area contributed by atoms with Gasteiger partial charge in [0.15, 0.2) is 0 Å². The van der Waals surface area contributed by atoms with Crippen molar-refractivity contribution in [2.75, 3.05) is 0 Å². The van der Waals surface area contributed by atoms with Crippen molar-refractivity contribution in [3.63, 3.8) is 0 Å². The largest absolute Gasteiger partial charge is 0.487 e. The van der Waals surface area contributed by atoms with Crippen LogP contribution in [0, 0.1) is 5.92 Å². The van der Waals surface area contributed by atoms with Crippen LogP contribution in [0.4, 0.5) is 22.0 Å². The maximum absolute atomic E-state index is 13.6. The third-order valence-corrected chi connectivity index (χ3v) is 6.72. The van der Waals surface area contributed by atoms with E-state index in [0.29, 0.717) is 23.9 Å². The fourth-order valence-electron chi connectivity index (χ4n) is 4.33. The van der Waals surface area contributed by atoms with Gasteiger partial charge in [-0.15, -0.1) is 6.58 Å². The number of allylic oxidation sites excluding steroid dienone is 1. The Kier molecular flexibility index (Phi) is 9.89. The van der Waals surface area contributed by atoms with E-state index in [-0.39, 0.29) is 35.8 Å². The van der Waals surface area contributed by atoms with Gasteiger partial charge >= 0.3 is 18.1 Å². The fourth-order valence-corrected chi connectivity index (χ4v) is 4.33. The predicted octanol–water partition coefficient (Wildman–Crippen LogP) is 7.64. The van der Waals surface area contributed by atoms with Gasteiger partial charge in [0.25, 0.3) is 5.91 Å². The van der Waals surface area contributed by atoms with Crippen molar-refractivity contribution in [3.8, 4) is 5.75 Å². The Morgan fingerprint density at radius 1 is 1.00 bits per heavy atom. The monoisotopic (exact) mass is 563 g/mol. The number of carbonyl (C=O) groups excluding carboxylic acids is 1. The summed E-state index contributed by atoms with van der Waals surface area (Å²) in [6.07, 6.45) is -1.60. The number of amides is 1. The number of aliphatic carboxylic acids is 1. The molecule has 5 nitrogen and oxygen atoms in total. The van der Waals surface area contributed by atoms with E-state index in [4.69, 9.17) is 4.74 Å². The van der Waals surface area contributed by atoms with Gasteiger partial charge in [0.05, 0.1) is 5.56 Å². The zero-order valence-electron chi connectivity index (χ0n) is 21.8. The highest BCUT2D eigenvalue weighted by molar-refractivity contribution is 6.04. The lowest BCUT2D eigenvalue weighted by molar-refractivity contribution is -0.289. The van der Waals surface area contributed by atoms with Gasteiger partial charge in [-0.05, 0) is 42.2 Å². The first kappa shape index (κ1) is 30.6. The number of carbonyl (C=O) groups is 2. The van der Waals surface area contributed by atoms with Gasteiger partial charge in [-0.25, -0.2) is 4.79 Å². The molecule has 2 atom stereocenters. The van der Waals surface area contributed by atoms with Crippen LogP contribution >= 0.6 is 0 Å². The lowest BCUT2D eigenvalue weighted by Gasteiger charge is -2.20. The van der Waals surface area contributed by atoms with E-state index in [2.05, 4.69) is 11.9 Å². The second-order valence-corrected chi connectivity index (χ2v) is 9.46. The normalized spacial score (nSPS) is 13.4.